The molecule has 0 aliphatic heterocycles. The van der Waals surface area contributed by atoms with Crippen LogP contribution in [-0.4, -0.2) is 38.8 Å². The number of hydrogen-bond acceptors (Lipinski definition) is 2. The zero-order valence-corrected chi connectivity index (χ0v) is 14.8. The van der Waals surface area contributed by atoms with Gasteiger partial charge in [-0.05, 0) is 55.9 Å². The van der Waals surface area contributed by atoms with E-state index < -0.39 is 0 Å². The van der Waals surface area contributed by atoms with E-state index in [1.165, 1.54) is 24.8 Å². The third-order valence-corrected chi connectivity index (χ3v) is 4.79. The van der Waals surface area contributed by atoms with Gasteiger partial charge in [0.2, 0.25) is 0 Å². The number of nitrogens with one attached hydrogen (secondary N) is 2. The average molecular weight is 329 g/mol. The molecule has 2 N–H and O–H groups in total. The lowest BCUT2D eigenvalue weighted by molar-refractivity contribution is 0.123. The van der Waals surface area contributed by atoms with Crippen LogP contribution in [0.3, 0.4) is 0 Å². The molecule has 0 amide bonds. The van der Waals surface area contributed by atoms with Gasteiger partial charge in [0.05, 0.1) is 0 Å². The molecule has 0 bridgehead atoms. The van der Waals surface area contributed by atoms with Crippen molar-refractivity contribution in [2.45, 2.75) is 38.5 Å². The molecule has 1 aromatic rings. The van der Waals surface area contributed by atoms with Crippen molar-refractivity contribution in [2.24, 2.45) is 16.8 Å². The first-order chi connectivity index (χ1) is 11.9. The lowest BCUT2D eigenvalue weighted by Crippen LogP contribution is -2.38. The first-order valence-corrected chi connectivity index (χ1v) is 9.51. The van der Waals surface area contributed by atoms with Crippen molar-refractivity contribution in [1.29, 1.82) is 0 Å². The molecule has 2 unspecified atom stereocenters. The number of benzene rings is 1. The van der Waals surface area contributed by atoms with E-state index in [2.05, 4.69) is 47.9 Å². The highest BCUT2D eigenvalue weighted by atomic mass is 16.5. The summed E-state index contributed by atoms with van der Waals surface area (Å²) >= 11 is 0. The van der Waals surface area contributed by atoms with E-state index in [9.17, 15) is 0 Å². The Morgan fingerprint density at radius 2 is 2.04 bits per heavy atom. The Bertz CT molecular complexity index is 513. The molecule has 4 heteroatoms. The molecule has 132 valence electrons. The highest BCUT2D eigenvalue weighted by molar-refractivity contribution is 5.79. The molecule has 24 heavy (non-hydrogen) atoms. The van der Waals surface area contributed by atoms with Crippen LogP contribution in [0.2, 0.25) is 0 Å². The third-order valence-electron chi connectivity index (χ3n) is 4.79. The number of ether oxygens (including phenoxy) is 1. The van der Waals surface area contributed by atoms with Crippen molar-refractivity contribution in [3.63, 3.8) is 0 Å². The summed E-state index contributed by atoms with van der Waals surface area (Å²) in [4.78, 5) is 4.76. The first kappa shape index (κ1) is 17.3. The van der Waals surface area contributed by atoms with Gasteiger partial charge in [-0.15, -0.1) is 0 Å². The number of nitrogens with zero attached hydrogens (tertiary/aromatic N) is 1. The molecule has 3 rings (SSSR count). The minimum atomic E-state index is 0.699. The van der Waals surface area contributed by atoms with Crippen molar-refractivity contribution in [2.75, 3.05) is 32.8 Å². The van der Waals surface area contributed by atoms with Gasteiger partial charge < -0.3 is 15.4 Å². The Morgan fingerprint density at radius 3 is 2.79 bits per heavy atom. The van der Waals surface area contributed by atoms with Crippen LogP contribution in [0.5, 0.6) is 0 Å². The number of hydrogen-bond donors (Lipinski definition) is 2. The molecule has 2 aliphatic rings. The highest BCUT2D eigenvalue weighted by Crippen LogP contribution is 2.47. The summed E-state index contributed by atoms with van der Waals surface area (Å²) < 4.78 is 5.67. The maximum absolute atomic E-state index is 5.67. The third kappa shape index (κ3) is 5.82. The summed E-state index contributed by atoms with van der Waals surface area (Å²) in [5.74, 6) is 3.20. The molecule has 0 saturated heterocycles. The Balaban J connectivity index is 1.33. The van der Waals surface area contributed by atoms with Gasteiger partial charge in [-0.1, -0.05) is 30.3 Å². The molecule has 2 fully saturated rings. The highest BCUT2D eigenvalue weighted by Gasteiger charge is 2.37. The molecule has 4 nitrogen and oxygen atoms in total. The molecule has 0 radical (unpaired) electrons. The van der Waals surface area contributed by atoms with Gasteiger partial charge in [0.1, 0.15) is 0 Å². The van der Waals surface area contributed by atoms with Gasteiger partial charge in [-0.3, -0.25) is 4.99 Å². The zero-order chi connectivity index (χ0) is 16.6. The number of aliphatic imine (C=N–C) groups is 1. The van der Waals surface area contributed by atoms with Crippen molar-refractivity contribution >= 4 is 5.96 Å². The molecule has 0 aromatic heterocycles. The van der Waals surface area contributed by atoms with Crippen LogP contribution in [0, 0.1) is 11.8 Å². The van der Waals surface area contributed by atoms with Gasteiger partial charge in [0.15, 0.2) is 5.96 Å². The number of rotatable bonds is 10. The molecule has 0 heterocycles. The standard InChI is InChI=1S/C20H31N3O/c1-2-21-20(22-11-6-12-24-15-16-9-10-16)23-14-18-13-19(18)17-7-4-3-5-8-17/h3-5,7-8,16,18-19H,2,6,9-15H2,1H3,(H2,21,22,23). The summed E-state index contributed by atoms with van der Waals surface area (Å²) in [7, 11) is 0. The van der Waals surface area contributed by atoms with E-state index in [-0.39, 0.29) is 0 Å². The topological polar surface area (TPSA) is 45.7 Å². The summed E-state index contributed by atoms with van der Waals surface area (Å²) in [6, 6.07) is 10.8. The van der Waals surface area contributed by atoms with Crippen LogP contribution in [0.4, 0.5) is 0 Å². The molecule has 0 spiro atoms. The van der Waals surface area contributed by atoms with E-state index in [0.717, 1.165) is 51.1 Å². The monoisotopic (exact) mass is 329 g/mol. The second-order valence-corrected chi connectivity index (χ2v) is 7.03. The van der Waals surface area contributed by atoms with Gasteiger partial charge in [-0.2, -0.15) is 0 Å². The van der Waals surface area contributed by atoms with Crippen LogP contribution >= 0.6 is 0 Å². The fraction of sp³-hybridized carbons (Fsp3) is 0.650. The molecular weight excluding hydrogens is 298 g/mol. The summed E-state index contributed by atoms with van der Waals surface area (Å²) in [5, 5.41) is 6.76. The van der Waals surface area contributed by atoms with Crippen molar-refractivity contribution < 1.29 is 4.74 Å². The molecular formula is C20H31N3O. The van der Waals surface area contributed by atoms with E-state index in [1.807, 2.05) is 0 Å². The van der Waals surface area contributed by atoms with E-state index in [1.54, 1.807) is 0 Å². The van der Waals surface area contributed by atoms with Crippen molar-refractivity contribution in [3.05, 3.63) is 35.9 Å². The second kappa shape index (κ2) is 9.07. The van der Waals surface area contributed by atoms with Crippen molar-refractivity contribution in [1.82, 2.24) is 10.6 Å². The Morgan fingerprint density at radius 1 is 1.21 bits per heavy atom. The van der Waals surface area contributed by atoms with Crippen LogP contribution < -0.4 is 10.6 Å². The second-order valence-electron chi connectivity index (χ2n) is 7.03. The first-order valence-electron chi connectivity index (χ1n) is 9.51. The quantitative estimate of drug-likeness (QED) is 0.394. The smallest absolute Gasteiger partial charge is 0.191 e. The van der Waals surface area contributed by atoms with Gasteiger partial charge in [0, 0.05) is 32.8 Å². The summed E-state index contributed by atoms with van der Waals surface area (Å²) in [5.41, 5.74) is 1.46. The average Bonchev–Trinajstić information content (AvgIpc) is 3.52. The largest absolute Gasteiger partial charge is 0.381 e. The van der Waals surface area contributed by atoms with Gasteiger partial charge >= 0.3 is 0 Å². The SMILES string of the molecule is CCNC(=NCC1CC1c1ccccc1)NCCCOCC1CC1. The lowest BCUT2D eigenvalue weighted by atomic mass is 10.1. The molecule has 2 atom stereocenters. The molecule has 2 saturated carbocycles. The summed E-state index contributed by atoms with van der Waals surface area (Å²) in [6.45, 7) is 6.64. The van der Waals surface area contributed by atoms with Crippen LogP contribution in [0.1, 0.15) is 44.1 Å². The van der Waals surface area contributed by atoms with E-state index in [4.69, 9.17) is 9.73 Å². The molecule has 1 aromatic carbocycles. The Hall–Kier alpha value is -1.55. The van der Waals surface area contributed by atoms with Gasteiger partial charge in [-0.25, -0.2) is 0 Å². The minimum absolute atomic E-state index is 0.699. The zero-order valence-electron chi connectivity index (χ0n) is 14.8. The Kier molecular flexibility index (Phi) is 6.53. The van der Waals surface area contributed by atoms with Crippen LogP contribution in [-0.2, 0) is 4.74 Å². The van der Waals surface area contributed by atoms with Gasteiger partial charge in [0.25, 0.3) is 0 Å². The maximum atomic E-state index is 5.67. The number of guanidine groups is 1. The van der Waals surface area contributed by atoms with Crippen LogP contribution in [0.25, 0.3) is 0 Å². The maximum Gasteiger partial charge on any atom is 0.191 e. The predicted molar refractivity (Wildman–Crippen MR) is 99.4 cm³/mol. The minimum Gasteiger partial charge on any atom is -0.381 e. The fourth-order valence-electron chi connectivity index (χ4n) is 3.02. The Labute approximate surface area is 146 Å². The van der Waals surface area contributed by atoms with Crippen LogP contribution in [0.15, 0.2) is 35.3 Å². The fourth-order valence-corrected chi connectivity index (χ4v) is 3.02. The normalized spacial score (nSPS) is 23.1. The van der Waals surface area contributed by atoms with E-state index >= 15 is 0 Å². The van der Waals surface area contributed by atoms with E-state index in [0.29, 0.717) is 11.8 Å². The predicted octanol–water partition coefficient (Wildman–Crippen LogP) is 3.16. The lowest BCUT2D eigenvalue weighted by Gasteiger charge is -2.11. The summed E-state index contributed by atoms with van der Waals surface area (Å²) in [6.07, 6.45) is 5.02. The molecule has 2 aliphatic carbocycles. The van der Waals surface area contributed by atoms with Crippen molar-refractivity contribution in [3.8, 4) is 0 Å².